The molecular formula is C12H11BrFNO3S. The molecule has 19 heavy (non-hydrogen) atoms. The van der Waals surface area contributed by atoms with Crippen molar-refractivity contribution in [1.29, 1.82) is 0 Å². The Labute approximate surface area is 122 Å². The van der Waals surface area contributed by atoms with E-state index in [1.54, 1.807) is 6.92 Å². The topological polar surface area (TPSA) is 57.6 Å². The highest BCUT2D eigenvalue weighted by atomic mass is 79.9. The van der Waals surface area contributed by atoms with Crippen LogP contribution in [0.3, 0.4) is 0 Å². The molecule has 2 unspecified atom stereocenters. The first-order chi connectivity index (χ1) is 8.91. The second-order valence-corrected chi connectivity index (χ2v) is 6.33. The third-order valence-electron chi connectivity index (χ3n) is 2.90. The second kappa shape index (κ2) is 5.50. The highest BCUT2D eigenvalue weighted by Gasteiger charge is 2.40. The molecular weight excluding hydrogens is 337 g/mol. The molecule has 1 heterocycles. The van der Waals surface area contributed by atoms with Crippen LogP contribution in [0, 0.1) is 5.82 Å². The molecule has 0 radical (unpaired) electrons. The Kier molecular flexibility index (Phi) is 4.15. The number of benzene rings is 1. The minimum Gasteiger partial charge on any atom is -0.480 e. The number of hydrogen-bond donors (Lipinski definition) is 1. The van der Waals surface area contributed by atoms with Crippen molar-refractivity contribution in [1.82, 2.24) is 4.90 Å². The highest BCUT2D eigenvalue weighted by molar-refractivity contribution is 9.10. The third kappa shape index (κ3) is 2.76. The average molecular weight is 348 g/mol. The Balaban J connectivity index is 2.34. The van der Waals surface area contributed by atoms with E-state index in [0.717, 1.165) is 0 Å². The zero-order chi connectivity index (χ0) is 14.2. The maximum Gasteiger partial charge on any atom is 0.327 e. The van der Waals surface area contributed by atoms with Gasteiger partial charge in [-0.3, -0.25) is 4.79 Å². The lowest BCUT2D eigenvalue weighted by atomic mass is 10.1. The molecule has 1 aliphatic rings. The smallest absolute Gasteiger partial charge is 0.327 e. The maximum atomic E-state index is 13.0. The summed E-state index contributed by atoms with van der Waals surface area (Å²) in [4.78, 5) is 24.9. The molecule has 2 rings (SSSR count). The number of rotatable bonds is 2. The molecule has 1 aliphatic heterocycles. The lowest BCUT2D eigenvalue weighted by molar-refractivity contribution is -0.141. The zero-order valence-electron chi connectivity index (χ0n) is 9.97. The van der Waals surface area contributed by atoms with E-state index in [-0.39, 0.29) is 10.9 Å². The number of halogens is 2. The van der Waals surface area contributed by atoms with Gasteiger partial charge < -0.3 is 10.0 Å². The SMILES string of the molecule is CC1SCC(C(=O)O)N1C(=O)c1ccc(F)cc1Br. The van der Waals surface area contributed by atoms with Gasteiger partial charge in [-0.15, -0.1) is 11.8 Å². The van der Waals surface area contributed by atoms with Gasteiger partial charge >= 0.3 is 5.97 Å². The largest absolute Gasteiger partial charge is 0.480 e. The minimum absolute atomic E-state index is 0.217. The molecule has 0 aliphatic carbocycles. The first kappa shape index (κ1) is 14.3. The van der Waals surface area contributed by atoms with Crippen LogP contribution < -0.4 is 0 Å². The summed E-state index contributed by atoms with van der Waals surface area (Å²) in [5.74, 6) is -1.52. The molecule has 1 aromatic carbocycles. The van der Waals surface area contributed by atoms with Gasteiger partial charge in [-0.25, -0.2) is 9.18 Å². The Morgan fingerprint density at radius 2 is 2.21 bits per heavy atom. The Morgan fingerprint density at radius 3 is 2.79 bits per heavy atom. The quantitative estimate of drug-likeness (QED) is 0.893. The van der Waals surface area contributed by atoms with Crippen LogP contribution in [0.1, 0.15) is 17.3 Å². The fourth-order valence-corrected chi connectivity index (χ4v) is 3.63. The number of thioether (sulfide) groups is 1. The molecule has 0 spiro atoms. The van der Waals surface area contributed by atoms with Gasteiger partial charge in [0, 0.05) is 10.2 Å². The summed E-state index contributed by atoms with van der Waals surface area (Å²) in [7, 11) is 0. The van der Waals surface area contributed by atoms with Gasteiger partial charge in [0.05, 0.1) is 10.9 Å². The van der Waals surface area contributed by atoms with Gasteiger partial charge in [0.25, 0.3) is 5.91 Å². The molecule has 7 heteroatoms. The van der Waals surface area contributed by atoms with E-state index in [4.69, 9.17) is 5.11 Å². The maximum absolute atomic E-state index is 13.0. The van der Waals surface area contributed by atoms with Gasteiger partial charge in [-0.05, 0) is 41.1 Å². The molecule has 1 amide bonds. The Morgan fingerprint density at radius 1 is 1.53 bits per heavy atom. The summed E-state index contributed by atoms with van der Waals surface area (Å²) >= 11 is 4.54. The third-order valence-corrected chi connectivity index (χ3v) is 4.78. The van der Waals surface area contributed by atoms with Crippen LogP contribution >= 0.6 is 27.7 Å². The molecule has 4 nitrogen and oxygen atoms in total. The zero-order valence-corrected chi connectivity index (χ0v) is 12.4. The van der Waals surface area contributed by atoms with Crippen LogP contribution in [0.15, 0.2) is 22.7 Å². The van der Waals surface area contributed by atoms with Crippen molar-refractivity contribution in [2.75, 3.05) is 5.75 Å². The monoisotopic (exact) mass is 347 g/mol. The summed E-state index contributed by atoms with van der Waals surface area (Å²) in [6, 6.07) is 2.89. The summed E-state index contributed by atoms with van der Waals surface area (Å²) in [5.41, 5.74) is 0.266. The second-order valence-electron chi connectivity index (χ2n) is 4.12. The van der Waals surface area contributed by atoms with Gasteiger partial charge in [-0.1, -0.05) is 0 Å². The van der Waals surface area contributed by atoms with Crippen molar-refractivity contribution in [3.63, 3.8) is 0 Å². The first-order valence-corrected chi connectivity index (χ1v) is 7.38. The number of carbonyl (C=O) groups is 2. The van der Waals surface area contributed by atoms with Crippen LogP contribution in [-0.2, 0) is 4.79 Å². The normalized spacial score (nSPS) is 22.6. The van der Waals surface area contributed by atoms with E-state index in [9.17, 15) is 14.0 Å². The predicted molar refractivity (Wildman–Crippen MR) is 73.6 cm³/mol. The molecule has 1 N–H and O–H groups in total. The van der Waals surface area contributed by atoms with E-state index in [0.29, 0.717) is 10.2 Å². The fourth-order valence-electron chi connectivity index (χ4n) is 1.94. The fraction of sp³-hybridized carbons (Fsp3) is 0.333. The average Bonchev–Trinajstić information content (AvgIpc) is 2.70. The molecule has 0 aromatic heterocycles. The van der Waals surface area contributed by atoms with Gasteiger partial charge in [0.2, 0.25) is 0 Å². The number of carbonyl (C=O) groups excluding carboxylic acids is 1. The van der Waals surface area contributed by atoms with E-state index < -0.39 is 23.7 Å². The molecule has 1 fully saturated rings. The van der Waals surface area contributed by atoms with E-state index in [2.05, 4.69) is 15.9 Å². The lowest BCUT2D eigenvalue weighted by Gasteiger charge is -2.25. The highest BCUT2D eigenvalue weighted by Crippen LogP contribution is 2.31. The standard InChI is InChI=1S/C12H11BrFNO3S/c1-6-15(10(5-19-6)12(17)18)11(16)8-3-2-7(14)4-9(8)13/h2-4,6,10H,5H2,1H3,(H,17,18). The van der Waals surface area contributed by atoms with Crippen molar-refractivity contribution < 1.29 is 19.1 Å². The van der Waals surface area contributed by atoms with Crippen LogP contribution in [0.25, 0.3) is 0 Å². The van der Waals surface area contributed by atoms with Gasteiger partial charge in [0.1, 0.15) is 11.9 Å². The van der Waals surface area contributed by atoms with Crippen molar-refractivity contribution in [3.05, 3.63) is 34.1 Å². The van der Waals surface area contributed by atoms with E-state index in [1.165, 1.54) is 34.9 Å². The number of carboxylic acids is 1. The molecule has 1 saturated heterocycles. The first-order valence-electron chi connectivity index (χ1n) is 5.54. The minimum atomic E-state index is -1.02. The molecule has 0 saturated carbocycles. The molecule has 1 aromatic rings. The van der Waals surface area contributed by atoms with E-state index in [1.807, 2.05) is 0 Å². The van der Waals surface area contributed by atoms with Crippen molar-refractivity contribution in [2.24, 2.45) is 0 Å². The van der Waals surface area contributed by atoms with Gasteiger partial charge in [0.15, 0.2) is 0 Å². The summed E-state index contributed by atoms with van der Waals surface area (Å²) < 4.78 is 13.3. The Bertz CT molecular complexity index is 540. The van der Waals surface area contributed by atoms with Gasteiger partial charge in [-0.2, -0.15) is 0 Å². The van der Waals surface area contributed by atoms with Crippen molar-refractivity contribution in [3.8, 4) is 0 Å². The lowest BCUT2D eigenvalue weighted by Crippen LogP contribution is -2.44. The number of carboxylic acid groups (broad SMARTS) is 1. The number of hydrogen-bond acceptors (Lipinski definition) is 3. The van der Waals surface area contributed by atoms with E-state index >= 15 is 0 Å². The number of aliphatic carboxylic acids is 1. The van der Waals surface area contributed by atoms with Crippen LogP contribution in [-0.4, -0.2) is 39.1 Å². The summed E-state index contributed by atoms with van der Waals surface area (Å²) in [5, 5.41) is 8.91. The van der Waals surface area contributed by atoms with Crippen LogP contribution in [0.4, 0.5) is 4.39 Å². The van der Waals surface area contributed by atoms with Crippen molar-refractivity contribution in [2.45, 2.75) is 18.3 Å². The number of nitrogens with zero attached hydrogens (tertiary/aromatic N) is 1. The van der Waals surface area contributed by atoms with Crippen LogP contribution in [0.2, 0.25) is 0 Å². The molecule has 2 atom stereocenters. The molecule has 102 valence electrons. The summed E-state index contributed by atoms with van der Waals surface area (Å²) in [6.07, 6.45) is 0. The molecule has 0 bridgehead atoms. The van der Waals surface area contributed by atoms with Crippen LogP contribution in [0.5, 0.6) is 0 Å². The predicted octanol–water partition coefficient (Wildman–Crippen LogP) is 2.58. The summed E-state index contributed by atoms with van der Waals surface area (Å²) in [6.45, 7) is 1.78. The number of amides is 1. The Hall–Kier alpha value is -1.08. The van der Waals surface area contributed by atoms with Crippen molar-refractivity contribution >= 4 is 39.6 Å².